The van der Waals surface area contributed by atoms with Gasteiger partial charge in [-0.3, -0.25) is 9.59 Å². The molecule has 2 amide bonds. The molecule has 4 aromatic carbocycles. The van der Waals surface area contributed by atoms with E-state index in [1.807, 2.05) is 0 Å². The van der Waals surface area contributed by atoms with Gasteiger partial charge in [0.2, 0.25) is 11.8 Å². The zero-order chi connectivity index (χ0) is 53.0. The summed E-state index contributed by atoms with van der Waals surface area (Å²) in [7, 11) is 0. The van der Waals surface area contributed by atoms with Crippen LogP contribution in [0.15, 0.2) is 48.5 Å². The summed E-state index contributed by atoms with van der Waals surface area (Å²) in [6, 6.07) is 23.1. The van der Waals surface area contributed by atoms with Gasteiger partial charge in [0.15, 0.2) is 0 Å². The standard InChI is InChI=1S/C62H84N4O6/c1-41(67)65-23-19-27-71-57-47-29-43-33-51(59(3,4)5)35-45(55(43)69-25-17-15-21-63)31-49-39-54(62(12,13)14)40-50(58(49)72-28-20-24-66-42(2)68)32-46-36-52(60(6,7)8)34-44(56(46)70-26-18-16-22-64)30-48(57)38-53(37-47)61(9,10)11/h33-40H,15-20,23-32H2,1-14H3,(H,65,67)(H,66,68). The maximum absolute atomic E-state index is 11.9. The van der Waals surface area contributed by atoms with Crippen molar-refractivity contribution in [1.29, 1.82) is 10.5 Å². The van der Waals surface area contributed by atoms with E-state index in [4.69, 9.17) is 18.9 Å². The van der Waals surface area contributed by atoms with Crippen LogP contribution in [0.5, 0.6) is 23.0 Å². The zero-order valence-electron chi connectivity index (χ0n) is 46.3. The van der Waals surface area contributed by atoms with Gasteiger partial charge in [-0.2, -0.15) is 10.5 Å². The number of rotatable bonds is 18. The first-order chi connectivity index (χ1) is 33.8. The van der Waals surface area contributed by atoms with Gasteiger partial charge in [0.05, 0.1) is 38.6 Å². The molecular formula is C62H84N4O6. The second-order valence-corrected chi connectivity index (χ2v) is 23.8. The van der Waals surface area contributed by atoms with Crippen LogP contribution in [0.2, 0.25) is 0 Å². The van der Waals surface area contributed by atoms with Gasteiger partial charge in [-0.15, -0.1) is 0 Å². The Hall–Kier alpha value is -6.00. The van der Waals surface area contributed by atoms with Gasteiger partial charge in [0, 0.05) is 65.5 Å². The van der Waals surface area contributed by atoms with Gasteiger partial charge in [-0.25, -0.2) is 0 Å². The molecule has 10 nitrogen and oxygen atoms in total. The van der Waals surface area contributed by atoms with E-state index in [0.29, 0.717) is 104 Å². The number of benzene rings is 4. The lowest BCUT2D eigenvalue weighted by Gasteiger charge is -2.29. The molecule has 0 aromatic heterocycles. The number of fused-ring (bicyclic) bond motifs is 8. The summed E-state index contributed by atoms with van der Waals surface area (Å²) in [5.41, 5.74) is 12.1. The van der Waals surface area contributed by atoms with Crippen LogP contribution < -0.4 is 29.6 Å². The SMILES string of the molecule is CC(=O)NCCCOc1c2cc(C(C)(C)C)cc1Cc1cc(C(C)(C)C)cc(c1OCCCC#N)Cc1cc(C(C)(C)C)cc(c1OCCCNC(C)=O)Cc1cc(C(C)(C)C)cc(c1OCCCC#N)C2. The Labute approximate surface area is 432 Å². The minimum Gasteiger partial charge on any atom is -0.493 e. The van der Waals surface area contributed by atoms with Crippen molar-refractivity contribution in [2.45, 2.75) is 183 Å². The Morgan fingerprint density at radius 1 is 0.417 bits per heavy atom. The lowest BCUT2D eigenvalue weighted by Crippen LogP contribution is -2.22. The molecule has 0 unspecified atom stereocenters. The predicted octanol–water partition coefficient (Wildman–Crippen LogP) is 12.7. The summed E-state index contributed by atoms with van der Waals surface area (Å²) in [6.07, 6.45) is 5.21. The van der Waals surface area contributed by atoms with Crippen LogP contribution in [-0.4, -0.2) is 51.3 Å². The number of carbonyl (C=O) groups is 2. The molecule has 0 saturated heterocycles. The molecule has 72 heavy (non-hydrogen) atoms. The summed E-state index contributed by atoms with van der Waals surface area (Å²) in [5, 5.41) is 25.1. The van der Waals surface area contributed by atoms with Crippen molar-refractivity contribution in [2.75, 3.05) is 39.5 Å². The molecule has 388 valence electrons. The normalized spacial score (nSPS) is 12.8. The minimum absolute atomic E-state index is 0.0748. The summed E-state index contributed by atoms with van der Waals surface area (Å²) < 4.78 is 28.0. The van der Waals surface area contributed by atoms with Gasteiger partial charge in [-0.05, 0) is 114 Å². The van der Waals surface area contributed by atoms with Crippen LogP contribution in [0.4, 0.5) is 0 Å². The lowest BCUT2D eigenvalue weighted by molar-refractivity contribution is -0.119. The first-order valence-corrected chi connectivity index (χ1v) is 26.2. The third-order valence-corrected chi connectivity index (χ3v) is 13.2. The number of amides is 2. The van der Waals surface area contributed by atoms with Crippen LogP contribution in [0.3, 0.4) is 0 Å². The van der Waals surface area contributed by atoms with Crippen LogP contribution in [0.1, 0.15) is 202 Å². The highest BCUT2D eigenvalue weighted by Gasteiger charge is 2.29. The second-order valence-electron chi connectivity index (χ2n) is 23.8. The summed E-state index contributed by atoms with van der Waals surface area (Å²) in [5.74, 6) is 3.08. The maximum Gasteiger partial charge on any atom is 0.216 e. The number of carbonyl (C=O) groups excluding carboxylic acids is 2. The molecule has 5 rings (SSSR count). The van der Waals surface area contributed by atoms with Crippen molar-refractivity contribution < 1.29 is 28.5 Å². The number of hydrogen-bond donors (Lipinski definition) is 2. The van der Waals surface area contributed by atoms with Gasteiger partial charge in [0.25, 0.3) is 0 Å². The van der Waals surface area contributed by atoms with Crippen molar-refractivity contribution in [3.05, 3.63) is 115 Å². The zero-order valence-corrected chi connectivity index (χ0v) is 46.3. The number of ether oxygens (including phenoxy) is 4. The fourth-order valence-corrected chi connectivity index (χ4v) is 9.04. The van der Waals surface area contributed by atoms with Crippen molar-refractivity contribution >= 4 is 11.8 Å². The second kappa shape index (κ2) is 24.6. The molecule has 10 heteroatoms. The molecule has 0 fully saturated rings. The highest BCUT2D eigenvalue weighted by Crippen LogP contribution is 2.44. The van der Waals surface area contributed by atoms with Crippen LogP contribution in [0, 0.1) is 22.7 Å². The van der Waals surface area contributed by atoms with Gasteiger partial charge < -0.3 is 29.6 Å². The highest BCUT2D eigenvalue weighted by molar-refractivity contribution is 5.73. The van der Waals surface area contributed by atoms with E-state index in [1.54, 1.807) is 0 Å². The van der Waals surface area contributed by atoms with Gasteiger partial charge >= 0.3 is 0 Å². The van der Waals surface area contributed by atoms with E-state index in [9.17, 15) is 20.1 Å². The van der Waals surface area contributed by atoms with E-state index in [2.05, 4.69) is 154 Å². The molecule has 1 aliphatic carbocycles. The summed E-state index contributed by atoms with van der Waals surface area (Å²) in [4.78, 5) is 23.9. The molecule has 1 aliphatic rings. The Balaban J connectivity index is 1.97. The van der Waals surface area contributed by atoms with Crippen LogP contribution in [0.25, 0.3) is 0 Å². The third kappa shape index (κ3) is 16.0. The Morgan fingerprint density at radius 2 is 0.625 bits per heavy atom. The van der Waals surface area contributed by atoms with E-state index in [1.165, 1.54) is 36.1 Å². The summed E-state index contributed by atoms with van der Waals surface area (Å²) in [6.45, 7) is 32.6. The Kier molecular flexibility index (Phi) is 19.5. The number of nitrogens with one attached hydrogen (secondary N) is 2. The number of hydrogen-bond acceptors (Lipinski definition) is 8. The average Bonchev–Trinajstić information content (AvgIpc) is 3.26. The van der Waals surface area contributed by atoms with Crippen LogP contribution >= 0.6 is 0 Å². The minimum atomic E-state index is -0.219. The van der Waals surface area contributed by atoms with Gasteiger partial charge in [0.1, 0.15) is 23.0 Å². The van der Waals surface area contributed by atoms with Gasteiger partial charge in [-0.1, -0.05) is 132 Å². The number of nitriles is 2. The van der Waals surface area contributed by atoms with E-state index in [-0.39, 0.29) is 33.5 Å². The molecule has 0 atom stereocenters. The Bertz CT molecular complexity index is 2340. The first kappa shape index (κ1) is 56.9. The van der Waals surface area contributed by atoms with Crippen molar-refractivity contribution in [1.82, 2.24) is 10.6 Å². The third-order valence-electron chi connectivity index (χ3n) is 13.2. The fourth-order valence-electron chi connectivity index (χ4n) is 9.04. The molecule has 0 aliphatic heterocycles. The van der Waals surface area contributed by atoms with Crippen molar-refractivity contribution in [3.63, 3.8) is 0 Å². The van der Waals surface area contributed by atoms with E-state index < -0.39 is 0 Å². The van der Waals surface area contributed by atoms with E-state index >= 15 is 0 Å². The molecule has 0 radical (unpaired) electrons. The largest absolute Gasteiger partial charge is 0.493 e. The monoisotopic (exact) mass is 981 g/mol. The molecule has 8 bridgehead atoms. The lowest BCUT2D eigenvalue weighted by atomic mass is 9.79. The first-order valence-electron chi connectivity index (χ1n) is 26.2. The molecule has 0 heterocycles. The van der Waals surface area contributed by atoms with Crippen molar-refractivity contribution in [2.24, 2.45) is 0 Å². The van der Waals surface area contributed by atoms with E-state index in [0.717, 1.165) is 67.5 Å². The fraction of sp³-hybridized carbons (Fsp3) is 0.548. The van der Waals surface area contributed by atoms with Crippen LogP contribution in [-0.2, 0) is 56.9 Å². The highest BCUT2D eigenvalue weighted by atomic mass is 16.5. The van der Waals surface area contributed by atoms with Crippen molar-refractivity contribution in [3.8, 4) is 35.1 Å². The molecular weight excluding hydrogens is 897 g/mol. The quantitative estimate of drug-likeness (QED) is 0.0827. The molecule has 4 aromatic rings. The molecule has 0 spiro atoms. The topological polar surface area (TPSA) is 143 Å². The molecule has 2 N–H and O–H groups in total. The Morgan fingerprint density at radius 3 is 0.806 bits per heavy atom. The number of nitrogens with zero attached hydrogens (tertiary/aromatic N) is 2. The predicted molar refractivity (Wildman–Crippen MR) is 290 cm³/mol. The smallest absolute Gasteiger partial charge is 0.216 e. The molecule has 0 saturated carbocycles. The maximum atomic E-state index is 11.9. The summed E-state index contributed by atoms with van der Waals surface area (Å²) >= 11 is 0. The average molecular weight is 981 g/mol. The number of unbranched alkanes of at least 4 members (excludes halogenated alkanes) is 2.